The fourth-order valence-corrected chi connectivity index (χ4v) is 4.98. The van der Waals surface area contributed by atoms with E-state index in [1.54, 1.807) is 4.90 Å². The molecule has 27 heavy (non-hydrogen) atoms. The van der Waals surface area contributed by atoms with E-state index < -0.39 is 6.04 Å². The van der Waals surface area contributed by atoms with Crippen LogP contribution in [-0.4, -0.2) is 58.7 Å². The monoisotopic (exact) mass is 368 g/mol. The van der Waals surface area contributed by atoms with Gasteiger partial charge in [0, 0.05) is 43.7 Å². The molecule has 2 N–H and O–H groups in total. The first kappa shape index (κ1) is 16.9. The normalized spacial score (nSPS) is 30.6. The number of carbonyl (C=O) groups is 3. The van der Waals surface area contributed by atoms with Crippen LogP contribution in [0.15, 0.2) is 18.2 Å². The predicted octanol–water partition coefficient (Wildman–Crippen LogP) is 0.385. The Morgan fingerprint density at radius 3 is 2.74 bits per heavy atom. The summed E-state index contributed by atoms with van der Waals surface area (Å²) in [6.45, 7) is 4.39. The van der Waals surface area contributed by atoms with Crippen LogP contribution in [-0.2, 0) is 22.7 Å². The number of nitrogens with zero attached hydrogens (tertiary/aromatic N) is 2. The summed E-state index contributed by atoms with van der Waals surface area (Å²) >= 11 is 0. The molecule has 1 aromatic carbocycles. The lowest BCUT2D eigenvalue weighted by molar-refractivity contribution is -0.136. The van der Waals surface area contributed by atoms with E-state index in [9.17, 15) is 14.4 Å². The van der Waals surface area contributed by atoms with E-state index in [0.29, 0.717) is 18.5 Å². The van der Waals surface area contributed by atoms with E-state index in [1.807, 2.05) is 18.2 Å². The van der Waals surface area contributed by atoms with E-state index in [-0.39, 0.29) is 24.1 Å². The summed E-state index contributed by atoms with van der Waals surface area (Å²) in [7, 11) is 0. The minimum absolute atomic E-state index is 0.0780. The first-order valence-electron chi connectivity index (χ1n) is 9.77. The van der Waals surface area contributed by atoms with Gasteiger partial charge < -0.3 is 10.2 Å². The molecule has 2 atom stereocenters. The fourth-order valence-electron chi connectivity index (χ4n) is 4.98. The largest absolute Gasteiger partial charge is 0.322 e. The second kappa shape index (κ2) is 6.14. The van der Waals surface area contributed by atoms with Gasteiger partial charge in [0.1, 0.15) is 6.04 Å². The zero-order valence-electron chi connectivity index (χ0n) is 15.3. The molecule has 0 aromatic heterocycles. The Bertz CT molecular complexity index is 833. The van der Waals surface area contributed by atoms with E-state index in [0.717, 1.165) is 42.9 Å². The molecule has 1 spiro atoms. The van der Waals surface area contributed by atoms with Crippen LogP contribution in [0, 0.1) is 0 Å². The fraction of sp³-hybridized carbons (Fsp3) is 0.550. The van der Waals surface area contributed by atoms with E-state index >= 15 is 0 Å². The van der Waals surface area contributed by atoms with Crippen molar-refractivity contribution < 1.29 is 14.4 Å². The highest BCUT2D eigenvalue weighted by molar-refractivity contribution is 6.05. The quantitative estimate of drug-likeness (QED) is 0.754. The molecule has 4 aliphatic rings. The summed E-state index contributed by atoms with van der Waals surface area (Å²) in [5.74, 6) is -0.689. The predicted molar refractivity (Wildman–Crippen MR) is 97.7 cm³/mol. The first-order valence-corrected chi connectivity index (χ1v) is 9.77. The summed E-state index contributed by atoms with van der Waals surface area (Å²) in [4.78, 5) is 40.8. The van der Waals surface area contributed by atoms with Gasteiger partial charge in [-0.15, -0.1) is 0 Å². The Balaban J connectivity index is 1.35. The highest BCUT2D eigenvalue weighted by atomic mass is 16.2. The summed E-state index contributed by atoms with van der Waals surface area (Å²) in [5, 5.41) is 5.93. The molecule has 0 saturated carbocycles. The topological polar surface area (TPSA) is 81.8 Å². The maximum Gasteiger partial charge on any atom is 0.255 e. The number of hydrogen-bond donors (Lipinski definition) is 2. The molecular formula is C20H24N4O3. The Hall–Kier alpha value is -2.25. The highest BCUT2D eigenvalue weighted by Gasteiger charge is 2.43. The molecule has 3 amide bonds. The summed E-state index contributed by atoms with van der Waals surface area (Å²) < 4.78 is 0. The van der Waals surface area contributed by atoms with Gasteiger partial charge in [0.2, 0.25) is 11.8 Å². The summed E-state index contributed by atoms with van der Waals surface area (Å²) in [6, 6.07) is 5.46. The number of amides is 3. The molecule has 0 bridgehead atoms. The van der Waals surface area contributed by atoms with Crippen molar-refractivity contribution in [1.82, 2.24) is 20.4 Å². The SMILES string of the molecule is O=C1CCC(N2Cc3cccc(CN4CCC5(CCN5)C4)c3C2=O)C(=O)N1. The molecule has 4 heterocycles. The van der Waals surface area contributed by atoms with E-state index in [2.05, 4.69) is 15.5 Å². The van der Waals surface area contributed by atoms with Crippen LogP contribution in [0.3, 0.4) is 0 Å². The maximum absolute atomic E-state index is 13.1. The van der Waals surface area contributed by atoms with Crippen LogP contribution >= 0.6 is 0 Å². The van der Waals surface area contributed by atoms with Gasteiger partial charge in [0.15, 0.2) is 0 Å². The number of rotatable bonds is 3. The lowest BCUT2D eigenvalue weighted by Gasteiger charge is -2.40. The van der Waals surface area contributed by atoms with Crippen molar-refractivity contribution in [1.29, 1.82) is 0 Å². The lowest BCUT2D eigenvalue weighted by Crippen LogP contribution is -2.58. The number of fused-ring (bicyclic) bond motifs is 1. The third kappa shape index (κ3) is 2.76. The number of likely N-dealkylation sites (tertiary alicyclic amines) is 1. The molecule has 7 nitrogen and oxygen atoms in total. The molecule has 0 aliphatic carbocycles. The molecule has 4 aliphatic heterocycles. The Morgan fingerprint density at radius 2 is 2.04 bits per heavy atom. The molecule has 5 rings (SSSR count). The van der Waals surface area contributed by atoms with Crippen molar-refractivity contribution in [2.24, 2.45) is 0 Å². The summed E-state index contributed by atoms with van der Waals surface area (Å²) in [5.41, 5.74) is 3.08. The first-order chi connectivity index (χ1) is 13.0. The van der Waals surface area contributed by atoms with Gasteiger partial charge in [-0.05, 0) is 36.9 Å². The number of hydrogen-bond acceptors (Lipinski definition) is 5. The lowest BCUT2D eigenvalue weighted by atomic mass is 9.87. The molecule has 0 radical (unpaired) electrons. The average Bonchev–Trinajstić information content (AvgIpc) is 3.18. The molecule has 2 unspecified atom stereocenters. The number of benzene rings is 1. The average molecular weight is 368 g/mol. The molecule has 1 aromatic rings. The molecule has 142 valence electrons. The van der Waals surface area contributed by atoms with Gasteiger partial charge in [-0.3, -0.25) is 24.6 Å². The van der Waals surface area contributed by atoms with E-state index in [1.165, 1.54) is 12.8 Å². The third-order valence-corrected chi connectivity index (χ3v) is 6.57. The zero-order valence-corrected chi connectivity index (χ0v) is 15.3. The van der Waals surface area contributed by atoms with Crippen LogP contribution in [0.2, 0.25) is 0 Å². The summed E-state index contributed by atoms with van der Waals surface area (Å²) in [6.07, 6.45) is 3.09. The van der Waals surface area contributed by atoms with Gasteiger partial charge in [-0.1, -0.05) is 18.2 Å². The minimum Gasteiger partial charge on any atom is -0.322 e. The molecule has 3 fully saturated rings. The van der Waals surface area contributed by atoms with Gasteiger partial charge >= 0.3 is 0 Å². The van der Waals surface area contributed by atoms with Crippen molar-refractivity contribution in [2.75, 3.05) is 19.6 Å². The smallest absolute Gasteiger partial charge is 0.255 e. The highest BCUT2D eigenvalue weighted by Crippen LogP contribution is 2.34. The van der Waals surface area contributed by atoms with Crippen molar-refractivity contribution in [2.45, 2.75) is 50.4 Å². The molecule has 7 heteroatoms. The minimum atomic E-state index is -0.551. The number of carbonyl (C=O) groups excluding carboxylic acids is 3. The van der Waals surface area contributed by atoms with Crippen molar-refractivity contribution in [3.05, 3.63) is 34.9 Å². The van der Waals surface area contributed by atoms with E-state index in [4.69, 9.17) is 0 Å². The second-order valence-corrected chi connectivity index (χ2v) is 8.27. The molecule has 3 saturated heterocycles. The van der Waals surface area contributed by atoms with Crippen molar-refractivity contribution in [3.8, 4) is 0 Å². The second-order valence-electron chi connectivity index (χ2n) is 8.27. The van der Waals surface area contributed by atoms with Crippen molar-refractivity contribution >= 4 is 17.7 Å². The molecular weight excluding hydrogens is 344 g/mol. The number of imide groups is 1. The Kier molecular flexibility index (Phi) is 3.84. The Morgan fingerprint density at radius 1 is 1.19 bits per heavy atom. The van der Waals surface area contributed by atoms with Crippen LogP contribution in [0.5, 0.6) is 0 Å². The van der Waals surface area contributed by atoms with Crippen LogP contribution in [0.1, 0.15) is 47.2 Å². The number of nitrogens with one attached hydrogen (secondary N) is 2. The van der Waals surface area contributed by atoms with Crippen molar-refractivity contribution in [3.63, 3.8) is 0 Å². The maximum atomic E-state index is 13.1. The van der Waals surface area contributed by atoms with Gasteiger partial charge in [0.05, 0.1) is 0 Å². The van der Waals surface area contributed by atoms with Gasteiger partial charge in [0.25, 0.3) is 5.91 Å². The Labute approximate surface area is 158 Å². The van der Waals surface area contributed by atoms with Gasteiger partial charge in [-0.2, -0.15) is 0 Å². The third-order valence-electron chi connectivity index (χ3n) is 6.57. The van der Waals surface area contributed by atoms with Crippen LogP contribution in [0.25, 0.3) is 0 Å². The van der Waals surface area contributed by atoms with Crippen LogP contribution in [0.4, 0.5) is 0 Å². The number of piperidine rings is 1. The zero-order chi connectivity index (χ0) is 18.6. The van der Waals surface area contributed by atoms with Crippen LogP contribution < -0.4 is 10.6 Å². The standard InChI is InChI=1S/C20H24N4O3/c25-16-5-4-15(18(26)22-16)24-11-14-3-1-2-13(17(14)19(24)27)10-23-9-7-20(12-23)6-8-21-20/h1-3,15,21H,4-12H2,(H,22,25,26). The van der Waals surface area contributed by atoms with Gasteiger partial charge in [-0.25, -0.2) is 0 Å².